The Hall–Kier alpha value is -4.54. The number of halogens is 4. The maximum atomic E-state index is 13.9. The van der Waals surface area contributed by atoms with Crippen molar-refractivity contribution in [2.75, 3.05) is 5.32 Å². The van der Waals surface area contributed by atoms with Crippen LogP contribution in [0.5, 0.6) is 0 Å². The smallest absolute Gasteiger partial charge is 0.318 e. The molecule has 5 aromatic rings. The van der Waals surface area contributed by atoms with Gasteiger partial charge in [0.25, 0.3) is 5.91 Å². The third-order valence-corrected chi connectivity index (χ3v) is 5.95. The van der Waals surface area contributed by atoms with Gasteiger partial charge in [0.05, 0.1) is 24.1 Å². The summed E-state index contributed by atoms with van der Waals surface area (Å²) in [6, 6.07) is 15.3. The van der Waals surface area contributed by atoms with Crippen LogP contribution in [0.1, 0.15) is 47.1 Å². The van der Waals surface area contributed by atoms with Gasteiger partial charge in [-0.1, -0.05) is 50.2 Å². The molecule has 0 unspecified atom stereocenters. The lowest BCUT2D eigenvalue weighted by atomic mass is 10.0. The van der Waals surface area contributed by atoms with E-state index in [1.54, 1.807) is 24.3 Å². The third-order valence-electron chi connectivity index (χ3n) is 5.95. The average molecular weight is 523 g/mol. The van der Waals surface area contributed by atoms with Crippen LogP contribution in [-0.4, -0.2) is 30.3 Å². The van der Waals surface area contributed by atoms with Gasteiger partial charge in [-0.25, -0.2) is 13.9 Å². The van der Waals surface area contributed by atoms with Crippen molar-refractivity contribution in [3.8, 4) is 11.3 Å². The molecule has 0 aliphatic heterocycles. The first-order valence-corrected chi connectivity index (χ1v) is 11.7. The third kappa shape index (κ3) is 5.26. The van der Waals surface area contributed by atoms with Crippen molar-refractivity contribution < 1.29 is 22.4 Å². The molecule has 3 heterocycles. The van der Waals surface area contributed by atoms with E-state index in [4.69, 9.17) is 0 Å². The summed E-state index contributed by atoms with van der Waals surface area (Å²) < 4.78 is 57.3. The average Bonchev–Trinajstić information content (AvgIpc) is 3.49. The summed E-state index contributed by atoms with van der Waals surface area (Å²) in [4.78, 5) is 17.2. The highest BCUT2D eigenvalue weighted by Gasteiger charge is 2.35. The number of benzene rings is 2. The Kier molecular flexibility index (Phi) is 6.43. The summed E-state index contributed by atoms with van der Waals surface area (Å²) in [6.07, 6.45) is -1.83. The lowest BCUT2D eigenvalue weighted by molar-refractivity contribution is -0.142. The second kappa shape index (κ2) is 9.73. The van der Waals surface area contributed by atoms with Crippen LogP contribution >= 0.6 is 0 Å². The van der Waals surface area contributed by atoms with Crippen LogP contribution in [0, 0.1) is 5.82 Å². The molecule has 0 radical (unpaired) electrons. The molecule has 0 aliphatic rings. The number of nitrogens with zero attached hydrogens (tertiary/aromatic N) is 5. The molecule has 11 heteroatoms. The van der Waals surface area contributed by atoms with Gasteiger partial charge in [-0.2, -0.15) is 23.4 Å². The van der Waals surface area contributed by atoms with Crippen molar-refractivity contribution in [1.82, 2.24) is 24.4 Å². The molecule has 5 rings (SSSR count). The predicted octanol–water partition coefficient (Wildman–Crippen LogP) is 6.17. The van der Waals surface area contributed by atoms with Gasteiger partial charge >= 0.3 is 6.18 Å². The van der Waals surface area contributed by atoms with Crippen molar-refractivity contribution in [2.24, 2.45) is 0 Å². The lowest BCUT2D eigenvalue weighted by Gasteiger charge is -2.11. The molecule has 0 atom stereocenters. The zero-order valence-electron chi connectivity index (χ0n) is 20.4. The van der Waals surface area contributed by atoms with Crippen molar-refractivity contribution in [1.29, 1.82) is 0 Å². The molecule has 0 spiro atoms. The van der Waals surface area contributed by atoms with Gasteiger partial charge in [-0.3, -0.25) is 9.48 Å². The Labute approximate surface area is 214 Å². The quantitative estimate of drug-likeness (QED) is 0.271. The van der Waals surface area contributed by atoms with Crippen LogP contribution in [0.15, 0.2) is 73.1 Å². The molecule has 1 N–H and O–H groups in total. The Bertz CT molecular complexity index is 1620. The molecular formula is C27H22F4N6O. The van der Waals surface area contributed by atoms with E-state index in [1.165, 1.54) is 35.3 Å². The second-order valence-electron chi connectivity index (χ2n) is 9.11. The number of rotatable bonds is 6. The first-order valence-electron chi connectivity index (χ1n) is 11.7. The summed E-state index contributed by atoms with van der Waals surface area (Å²) in [5.74, 6) is -0.830. The standard InChI is InChI=1S/C27H22F4N6O/c1-16(2)18-6-8-19(9-7-18)22-11-24(27(29,30)31)37-25(34-22)12-23(35-37)26(38)33-21-13-32-36(15-21)14-17-4-3-5-20(28)10-17/h3-13,15-16H,14H2,1-2H3,(H,33,38). The number of carbonyl (C=O) groups is 1. The van der Waals surface area contributed by atoms with Crippen molar-refractivity contribution in [3.05, 3.63) is 101 Å². The number of hydrogen-bond acceptors (Lipinski definition) is 4. The predicted molar refractivity (Wildman–Crippen MR) is 133 cm³/mol. The van der Waals surface area contributed by atoms with Crippen molar-refractivity contribution in [3.63, 3.8) is 0 Å². The molecule has 7 nitrogen and oxygen atoms in total. The fraction of sp³-hybridized carbons (Fsp3) is 0.185. The Morgan fingerprint density at radius 3 is 2.50 bits per heavy atom. The molecular weight excluding hydrogens is 500 g/mol. The highest BCUT2D eigenvalue weighted by molar-refractivity contribution is 6.03. The van der Waals surface area contributed by atoms with Crippen LogP contribution in [0.4, 0.5) is 23.2 Å². The normalized spacial score (nSPS) is 11.9. The Morgan fingerprint density at radius 2 is 1.82 bits per heavy atom. The topological polar surface area (TPSA) is 77.1 Å². The minimum atomic E-state index is -4.73. The first kappa shape index (κ1) is 25.1. The van der Waals surface area contributed by atoms with Gasteiger partial charge in [-0.05, 0) is 35.2 Å². The Balaban J connectivity index is 1.42. The number of amides is 1. The molecule has 38 heavy (non-hydrogen) atoms. The molecule has 0 saturated heterocycles. The van der Waals surface area contributed by atoms with Crippen molar-refractivity contribution in [2.45, 2.75) is 32.5 Å². The van der Waals surface area contributed by atoms with E-state index < -0.39 is 17.8 Å². The largest absolute Gasteiger partial charge is 0.433 e. The molecule has 0 bridgehead atoms. The summed E-state index contributed by atoms with van der Waals surface area (Å²) in [6.45, 7) is 4.31. The van der Waals surface area contributed by atoms with Crippen LogP contribution < -0.4 is 5.32 Å². The Morgan fingerprint density at radius 1 is 1.05 bits per heavy atom. The SMILES string of the molecule is CC(C)c1ccc(-c2cc(C(F)(F)F)n3nc(C(=O)Nc4cnn(Cc5cccc(F)c5)c4)cc3n2)cc1. The minimum Gasteiger partial charge on any atom is -0.318 e. The van der Waals surface area contributed by atoms with E-state index in [0.717, 1.165) is 11.6 Å². The summed E-state index contributed by atoms with van der Waals surface area (Å²) in [5, 5.41) is 10.6. The molecule has 1 amide bonds. The van der Waals surface area contributed by atoms with Crippen LogP contribution in [0.2, 0.25) is 0 Å². The fourth-order valence-corrected chi connectivity index (χ4v) is 4.01. The highest BCUT2D eigenvalue weighted by Crippen LogP contribution is 2.32. The number of carbonyl (C=O) groups excluding carboxylic acids is 1. The molecule has 0 fully saturated rings. The maximum absolute atomic E-state index is 13.9. The van der Waals surface area contributed by atoms with Crippen LogP contribution in [0.3, 0.4) is 0 Å². The minimum absolute atomic E-state index is 0.116. The van der Waals surface area contributed by atoms with Crippen LogP contribution in [-0.2, 0) is 12.7 Å². The van der Waals surface area contributed by atoms with E-state index >= 15 is 0 Å². The summed E-state index contributed by atoms with van der Waals surface area (Å²) in [5.41, 5.74) is 1.25. The highest BCUT2D eigenvalue weighted by atomic mass is 19.4. The molecule has 2 aromatic carbocycles. The number of hydrogen-bond donors (Lipinski definition) is 1. The number of nitrogens with one attached hydrogen (secondary N) is 1. The fourth-order valence-electron chi connectivity index (χ4n) is 4.01. The monoisotopic (exact) mass is 522 g/mol. The molecule has 194 valence electrons. The van der Waals surface area contributed by atoms with E-state index in [-0.39, 0.29) is 35.3 Å². The van der Waals surface area contributed by atoms with E-state index in [2.05, 4.69) is 20.5 Å². The van der Waals surface area contributed by atoms with Gasteiger partial charge in [0.1, 0.15) is 5.82 Å². The van der Waals surface area contributed by atoms with Gasteiger partial charge in [0, 0.05) is 17.8 Å². The van der Waals surface area contributed by atoms with Gasteiger partial charge in [-0.15, -0.1) is 0 Å². The zero-order chi connectivity index (χ0) is 27.0. The number of aromatic nitrogens is 5. The molecule has 3 aromatic heterocycles. The van der Waals surface area contributed by atoms with E-state index in [0.29, 0.717) is 21.3 Å². The van der Waals surface area contributed by atoms with Gasteiger partial charge < -0.3 is 5.32 Å². The number of anilines is 1. The molecule has 0 saturated carbocycles. The van der Waals surface area contributed by atoms with Crippen molar-refractivity contribution >= 4 is 17.2 Å². The molecule has 0 aliphatic carbocycles. The number of alkyl halides is 3. The second-order valence-corrected chi connectivity index (χ2v) is 9.11. The van der Waals surface area contributed by atoms with Crippen LogP contribution in [0.25, 0.3) is 16.9 Å². The summed E-state index contributed by atoms with van der Waals surface area (Å²) in [7, 11) is 0. The maximum Gasteiger partial charge on any atom is 0.433 e. The van der Waals surface area contributed by atoms with E-state index in [1.807, 2.05) is 26.0 Å². The van der Waals surface area contributed by atoms with E-state index in [9.17, 15) is 22.4 Å². The lowest BCUT2D eigenvalue weighted by Crippen LogP contribution is -2.15. The van der Waals surface area contributed by atoms with Gasteiger partial charge in [0.2, 0.25) is 0 Å². The first-order chi connectivity index (χ1) is 18.1. The zero-order valence-corrected chi connectivity index (χ0v) is 20.4. The number of fused-ring (bicyclic) bond motifs is 1. The van der Waals surface area contributed by atoms with Gasteiger partial charge in [0.15, 0.2) is 17.0 Å². The summed E-state index contributed by atoms with van der Waals surface area (Å²) >= 11 is 0.